The van der Waals surface area contributed by atoms with Crippen molar-refractivity contribution in [1.29, 1.82) is 0 Å². The molecule has 1 aliphatic carbocycles. The minimum atomic E-state index is -0.461. The van der Waals surface area contributed by atoms with Gasteiger partial charge in [0.2, 0.25) is 0 Å². The summed E-state index contributed by atoms with van der Waals surface area (Å²) in [4.78, 5) is 28.1. The van der Waals surface area contributed by atoms with Crippen LogP contribution in [0.2, 0.25) is 0 Å². The van der Waals surface area contributed by atoms with Crippen LogP contribution in [0.4, 0.5) is 4.79 Å². The van der Waals surface area contributed by atoms with Crippen molar-refractivity contribution in [3.63, 3.8) is 0 Å². The number of hydrogen-bond acceptors (Lipinski definition) is 5. The summed E-state index contributed by atoms with van der Waals surface area (Å²) >= 11 is 1.52. The second kappa shape index (κ2) is 8.68. The van der Waals surface area contributed by atoms with Gasteiger partial charge in [0.15, 0.2) is 0 Å². The monoisotopic (exact) mass is 377 g/mol. The molecule has 0 aromatic carbocycles. The van der Waals surface area contributed by atoms with E-state index in [0.717, 1.165) is 4.88 Å². The smallest absolute Gasteiger partial charge is 0.338 e. The molecule has 0 saturated heterocycles. The van der Waals surface area contributed by atoms with E-state index in [2.05, 4.69) is 22.6 Å². The zero-order valence-electron chi connectivity index (χ0n) is 15.4. The minimum absolute atomic E-state index is 0.275. The molecule has 1 fully saturated rings. The first-order chi connectivity index (χ1) is 12.6. The summed E-state index contributed by atoms with van der Waals surface area (Å²) in [6.07, 6.45) is 6.11. The van der Waals surface area contributed by atoms with Crippen LogP contribution in [-0.2, 0) is 9.53 Å². The van der Waals surface area contributed by atoms with Gasteiger partial charge in [0.25, 0.3) is 0 Å². The fourth-order valence-corrected chi connectivity index (χ4v) is 4.55. The molecule has 2 amide bonds. The van der Waals surface area contributed by atoms with Crippen molar-refractivity contribution in [2.45, 2.75) is 51.1 Å². The predicted octanol–water partition coefficient (Wildman–Crippen LogP) is 3.18. The Morgan fingerprint density at radius 2 is 2.12 bits per heavy atom. The highest BCUT2D eigenvalue weighted by Gasteiger charge is 2.35. The van der Waals surface area contributed by atoms with E-state index >= 15 is 0 Å². The van der Waals surface area contributed by atoms with Crippen LogP contribution in [0.15, 0.2) is 28.8 Å². The van der Waals surface area contributed by atoms with Crippen LogP contribution >= 0.6 is 11.3 Å². The molecule has 0 radical (unpaired) electrons. The standard InChI is InChI=1S/C19H27N3O3S/c1-3-25-18(23)16-14(12-22(2)13-8-5-4-6-9-13)20-19(24)21-17(16)15-10-7-11-26-15/h7,10-11,13,17H,3-6,8-9,12H2,1-2H3,(H2,20,21,24). The zero-order chi connectivity index (χ0) is 18.5. The number of nitrogens with zero attached hydrogens (tertiary/aromatic N) is 1. The first-order valence-electron chi connectivity index (χ1n) is 9.31. The normalized spacial score (nSPS) is 21.5. The molecule has 1 aromatic heterocycles. The first kappa shape index (κ1) is 18.9. The second-order valence-electron chi connectivity index (χ2n) is 6.87. The van der Waals surface area contributed by atoms with Gasteiger partial charge >= 0.3 is 12.0 Å². The van der Waals surface area contributed by atoms with Gasteiger partial charge in [-0.3, -0.25) is 4.90 Å². The van der Waals surface area contributed by atoms with Crippen molar-refractivity contribution < 1.29 is 14.3 Å². The molecule has 1 saturated carbocycles. The maximum atomic E-state index is 12.7. The second-order valence-corrected chi connectivity index (χ2v) is 7.85. The lowest BCUT2D eigenvalue weighted by Crippen LogP contribution is -2.49. The number of ether oxygens (including phenoxy) is 1. The van der Waals surface area contributed by atoms with Crippen LogP contribution in [0.5, 0.6) is 0 Å². The summed E-state index contributed by atoms with van der Waals surface area (Å²) in [6.45, 7) is 2.63. The summed E-state index contributed by atoms with van der Waals surface area (Å²) in [5, 5.41) is 7.68. The molecule has 2 heterocycles. The van der Waals surface area contributed by atoms with Gasteiger partial charge in [0.05, 0.1) is 18.2 Å². The van der Waals surface area contributed by atoms with Gasteiger partial charge in [0, 0.05) is 23.2 Å². The fraction of sp³-hybridized carbons (Fsp3) is 0.579. The summed E-state index contributed by atoms with van der Waals surface area (Å²) in [5.41, 5.74) is 1.16. The molecule has 2 aliphatic rings. The number of rotatable bonds is 6. The predicted molar refractivity (Wildman–Crippen MR) is 102 cm³/mol. The van der Waals surface area contributed by atoms with E-state index in [1.807, 2.05) is 17.5 Å². The van der Waals surface area contributed by atoms with Crippen molar-refractivity contribution >= 4 is 23.3 Å². The highest BCUT2D eigenvalue weighted by molar-refractivity contribution is 7.10. The van der Waals surface area contributed by atoms with E-state index in [1.54, 1.807) is 6.92 Å². The summed E-state index contributed by atoms with van der Waals surface area (Å²) in [6, 6.07) is 3.61. The highest BCUT2D eigenvalue weighted by Crippen LogP contribution is 2.31. The zero-order valence-corrected chi connectivity index (χ0v) is 16.2. The van der Waals surface area contributed by atoms with Gasteiger partial charge < -0.3 is 15.4 Å². The molecular weight excluding hydrogens is 350 g/mol. The Morgan fingerprint density at radius 1 is 1.35 bits per heavy atom. The number of likely N-dealkylation sites (N-methyl/N-ethyl adjacent to an activating group) is 1. The number of esters is 1. The molecule has 7 heteroatoms. The molecule has 26 heavy (non-hydrogen) atoms. The summed E-state index contributed by atoms with van der Waals surface area (Å²) in [7, 11) is 2.07. The van der Waals surface area contributed by atoms with Crippen LogP contribution in [0.3, 0.4) is 0 Å². The third kappa shape index (κ3) is 4.27. The maximum absolute atomic E-state index is 12.7. The van der Waals surface area contributed by atoms with E-state index in [0.29, 0.717) is 30.5 Å². The van der Waals surface area contributed by atoms with Gasteiger partial charge in [-0.25, -0.2) is 9.59 Å². The Labute approximate surface area is 158 Å². The molecule has 1 aliphatic heterocycles. The van der Waals surface area contributed by atoms with Crippen LogP contribution in [0.25, 0.3) is 0 Å². The van der Waals surface area contributed by atoms with Gasteiger partial charge in [-0.05, 0) is 38.3 Å². The van der Waals surface area contributed by atoms with Crippen LogP contribution in [-0.4, -0.2) is 43.1 Å². The van der Waals surface area contributed by atoms with E-state index in [-0.39, 0.29) is 12.0 Å². The third-order valence-electron chi connectivity index (χ3n) is 5.08. The number of nitrogens with one attached hydrogen (secondary N) is 2. The molecule has 1 atom stereocenters. The lowest BCUT2D eigenvalue weighted by Gasteiger charge is -2.34. The quantitative estimate of drug-likeness (QED) is 0.747. The molecular formula is C19H27N3O3S. The molecule has 3 rings (SSSR count). The molecule has 0 spiro atoms. The highest BCUT2D eigenvalue weighted by atomic mass is 32.1. The minimum Gasteiger partial charge on any atom is -0.463 e. The van der Waals surface area contributed by atoms with Crippen LogP contribution in [0.1, 0.15) is 49.9 Å². The van der Waals surface area contributed by atoms with Crippen molar-refractivity contribution in [2.75, 3.05) is 20.2 Å². The largest absolute Gasteiger partial charge is 0.463 e. The van der Waals surface area contributed by atoms with Crippen LogP contribution < -0.4 is 10.6 Å². The lowest BCUT2D eigenvalue weighted by molar-refractivity contribution is -0.139. The Hall–Kier alpha value is -1.86. The molecule has 1 unspecified atom stereocenters. The van der Waals surface area contributed by atoms with Crippen molar-refractivity contribution in [3.8, 4) is 0 Å². The topological polar surface area (TPSA) is 70.7 Å². The van der Waals surface area contributed by atoms with Crippen molar-refractivity contribution in [1.82, 2.24) is 15.5 Å². The average Bonchev–Trinajstić information content (AvgIpc) is 3.16. The number of carbonyl (C=O) groups is 2. The van der Waals surface area contributed by atoms with Gasteiger partial charge in [-0.15, -0.1) is 11.3 Å². The average molecular weight is 378 g/mol. The van der Waals surface area contributed by atoms with E-state index < -0.39 is 6.04 Å². The molecule has 142 valence electrons. The Bertz CT molecular complexity index is 666. The number of hydrogen-bond donors (Lipinski definition) is 2. The van der Waals surface area contributed by atoms with E-state index in [1.165, 1.54) is 43.4 Å². The van der Waals surface area contributed by atoms with Gasteiger partial charge in [-0.1, -0.05) is 25.3 Å². The molecule has 1 aromatic rings. The Balaban J connectivity index is 1.90. The summed E-state index contributed by atoms with van der Waals surface area (Å²) < 4.78 is 5.30. The number of thiophene rings is 1. The Kier molecular flexibility index (Phi) is 6.32. The van der Waals surface area contributed by atoms with E-state index in [4.69, 9.17) is 4.74 Å². The number of carbonyl (C=O) groups excluding carboxylic acids is 2. The van der Waals surface area contributed by atoms with Crippen molar-refractivity contribution in [2.24, 2.45) is 0 Å². The van der Waals surface area contributed by atoms with Crippen LogP contribution in [0, 0.1) is 0 Å². The number of amides is 2. The fourth-order valence-electron chi connectivity index (χ4n) is 3.76. The molecule has 6 nitrogen and oxygen atoms in total. The maximum Gasteiger partial charge on any atom is 0.338 e. The number of urea groups is 1. The first-order valence-corrected chi connectivity index (χ1v) is 10.2. The van der Waals surface area contributed by atoms with E-state index in [9.17, 15) is 9.59 Å². The lowest BCUT2D eigenvalue weighted by atomic mass is 9.94. The van der Waals surface area contributed by atoms with Gasteiger partial charge in [-0.2, -0.15) is 0 Å². The summed E-state index contributed by atoms with van der Waals surface area (Å²) in [5.74, 6) is -0.370. The third-order valence-corrected chi connectivity index (χ3v) is 6.02. The van der Waals surface area contributed by atoms with Crippen molar-refractivity contribution in [3.05, 3.63) is 33.7 Å². The molecule has 2 N–H and O–H groups in total. The molecule has 0 bridgehead atoms. The van der Waals surface area contributed by atoms with Gasteiger partial charge in [0.1, 0.15) is 0 Å². The SMILES string of the molecule is CCOC(=O)C1=C(CN(C)C2CCCCC2)NC(=O)NC1c1cccs1. The Morgan fingerprint density at radius 3 is 2.77 bits per heavy atom.